The summed E-state index contributed by atoms with van der Waals surface area (Å²) in [6.07, 6.45) is 0. The third kappa shape index (κ3) is 2.38. The van der Waals surface area contributed by atoms with Crippen LogP contribution in [0.3, 0.4) is 0 Å². The van der Waals surface area contributed by atoms with E-state index in [1.165, 1.54) is 0 Å². The van der Waals surface area contributed by atoms with Gasteiger partial charge in [0, 0.05) is 16.1 Å². The van der Waals surface area contributed by atoms with Crippen LogP contribution < -0.4 is 5.73 Å². The minimum absolute atomic E-state index is 0. The first-order valence-corrected chi connectivity index (χ1v) is 4.54. The Bertz CT molecular complexity index is 374. The van der Waals surface area contributed by atoms with Gasteiger partial charge in [0.15, 0.2) is 0 Å². The summed E-state index contributed by atoms with van der Waals surface area (Å²) in [7, 11) is 0. The van der Waals surface area contributed by atoms with Crippen LogP contribution in [0.1, 0.15) is 24.1 Å². The predicted octanol–water partition coefficient (Wildman–Crippen LogP) is 2.47. The van der Waals surface area contributed by atoms with E-state index in [4.69, 9.17) is 11.0 Å². The molecule has 0 spiro atoms. The molecule has 1 atom stereocenters. The highest BCUT2D eigenvalue weighted by molar-refractivity contribution is 9.10. The van der Waals surface area contributed by atoms with Crippen LogP contribution in [-0.2, 0) is 0 Å². The summed E-state index contributed by atoms with van der Waals surface area (Å²) in [5.41, 5.74) is 6.45. The molecule has 0 aliphatic carbocycles. The van der Waals surface area contributed by atoms with E-state index < -0.39 is 0 Å². The fourth-order valence-electron chi connectivity index (χ4n) is 1.11. The smallest absolute Gasteiger partial charge is 0.139 e. The molecule has 0 heterocycles. The van der Waals surface area contributed by atoms with Crippen molar-refractivity contribution in [3.05, 3.63) is 27.7 Å². The molecule has 0 unspecified atom stereocenters. The topological polar surface area (TPSA) is 70.0 Å². The predicted molar refractivity (Wildman–Crippen MR) is 60.4 cm³/mol. The molecule has 1 aromatic carbocycles. The molecule has 0 aliphatic heterocycles. The van der Waals surface area contributed by atoms with Gasteiger partial charge in [0.2, 0.25) is 0 Å². The molecule has 0 fully saturated rings. The van der Waals surface area contributed by atoms with Crippen LogP contribution in [0.5, 0.6) is 5.75 Å². The second-order valence-electron chi connectivity index (χ2n) is 2.76. The zero-order chi connectivity index (χ0) is 10.0. The fourth-order valence-corrected chi connectivity index (χ4v) is 1.79. The van der Waals surface area contributed by atoms with Gasteiger partial charge in [-0.15, -0.1) is 12.4 Å². The molecule has 0 bridgehead atoms. The highest BCUT2D eigenvalue weighted by Gasteiger charge is 2.13. The molecule has 1 rings (SSSR count). The lowest BCUT2D eigenvalue weighted by Gasteiger charge is -2.11. The summed E-state index contributed by atoms with van der Waals surface area (Å²) in [4.78, 5) is 0. The molecule has 0 saturated heterocycles. The number of hydrogen-bond acceptors (Lipinski definition) is 3. The first-order chi connectivity index (χ1) is 6.07. The number of halogens is 2. The molecule has 0 saturated carbocycles. The highest BCUT2D eigenvalue weighted by Crippen LogP contribution is 2.33. The van der Waals surface area contributed by atoms with Crippen molar-refractivity contribution in [1.29, 1.82) is 5.26 Å². The molecular formula is C9H10BrClN2O. The Hall–Kier alpha value is -0.760. The monoisotopic (exact) mass is 276 g/mol. The molecule has 76 valence electrons. The van der Waals surface area contributed by atoms with Gasteiger partial charge in [0.05, 0.1) is 5.56 Å². The van der Waals surface area contributed by atoms with E-state index >= 15 is 0 Å². The van der Waals surface area contributed by atoms with Crippen LogP contribution in [0.2, 0.25) is 0 Å². The fraction of sp³-hybridized carbons (Fsp3) is 0.222. The van der Waals surface area contributed by atoms with Crippen LogP contribution in [-0.4, -0.2) is 5.11 Å². The Labute approximate surface area is 97.1 Å². The zero-order valence-corrected chi connectivity index (χ0v) is 9.89. The van der Waals surface area contributed by atoms with E-state index in [1.807, 2.05) is 6.07 Å². The van der Waals surface area contributed by atoms with E-state index in [2.05, 4.69) is 15.9 Å². The average Bonchev–Trinajstić information content (AvgIpc) is 2.04. The van der Waals surface area contributed by atoms with Gasteiger partial charge in [0.25, 0.3) is 0 Å². The molecule has 3 nitrogen and oxygen atoms in total. The van der Waals surface area contributed by atoms with Gasteiger partial charge in [-0.25, -0.2) is 0 Å². The SMILES string of the molecule is C[C@@H](N)c1c(Br)ccc(C#N)c1O.Cl. The molecule has 0 radical (unpaired) electrons. The van der Waals surface area contributed by atoms with Crippen molar-refractivity contribution in [1.82, 2.24) is 0 Å². The largest absolute Gasteiger partial charge is 0.506 e. The Morgan fingerprint density at radius 1 is 1.57 bits per heavy atom. The average molecular weight is 278 g/mol. The molecule has 0 aliphatic rings. The Kier molecular flexibility index (Phi) is 4.92. The number of nitriles is 1. The summed E-state index contributed by atoms with van der Waals surface area (Å²) in [5, 5.41) is 18.3. The van der Waals surface area contributed by atoms with Gasteiger partial charge in [-0.2, -0.15) is 5.26 Å². The number of nitrogens with zero attached hydrogens (tertiary/aromatic N) is 1. The first kappa shape index (κ1) is 13.2. The number of phenolic OH excluding ortho intramolecular Hbond substituents is 1. The van der Waals surface area contributed by atoms with E-state index in [0.717, 1.165) is 4.47 Å². The summed E-state index contributed by atoms with van der Waals surface area (Å²) in [6, 6.07) is 4.84. The Morgan fingerprint density at radius 2 is 2.14 bits per heavy atom. The van der Waals surface area contributed by atoms with Gasteiger partial charge >= 0.3 is 0 Å². The van der Waals surface area contributed by atoms with Crippen LogP contribution in [0.15, 0.2) is 16.6 Å². The Morgan fingerprint density at radius 3 is 2.57 bits per heavy atom. The highest BCUT2D eigenvalue weighted by atomic mass is 79.9. The van der Waals surface area contributed by atoms with Crippen molar-refractivity contribution in [2.45, 2.75) is 13.0 Å². The lowest BCUT2D eigenvalue weighted by atomic mass is 10.0. The van der Waals surface area contributed by atoms with Gasteiger partial charge in [-0.05, 0) is 19.1 Å². The van der Waals surface area contributed by atoms with Gasteiger partial charge in [-0.3, -0.25) is 0 Å². The molecule has 0 amide bonds. The van der Waals surface area contributed by atoms with Crippen LogP contribution in [0.25, 0.3) is 0 Å². The second-order valence-corrected chi connectivity index (χ2v) is 3.61. The van der Waals surface area contributed by atoms with Crippen LogP contribution >= 0.6 is 28.3 Å². The minimum Gasteiger partial charge on any atom is -0.506 e. The van der Waals surface area contributed by atoms with Crippen molar-refractivity contribution < 1.29 is 5.11 Å². The normalized spacial score (nSPS) is 11.3. The standard InChI is InChI=1S/C9H9BrN2O.ClH/c1-5(12)8-7(10)3-2-6(4-11)9(8)13;/h2-3,5,13H,12H2,1H3;1H/t5-;/m1./s1. The lowest BCUT2D eigenvalue weighted by Crippen LogP contribution is -2.06. The second kappa shape index (κ2) is 5.20. The minimum atomic E-state index is -0.303. The van der Waals surface area contributed by atoms with Crippen molar-refractivity contribution in [3.8, 4) is 11.8 Å². The van der Waals surface area contributed by atoms with Crippen molar-refractivity contribution in [2.75, 3.05) is 0 Å². The first-order valence-electron chi connectivity index (χ1n) is 3.75. The van der Waals surface area contributed by atoms with Crippen LogP contribution in [0, 0.1) is 11.3 Å². The van der Waals surface area contributed by atoms with E-state index in [0.29, 0.717) is 5.56 Å². The van der Waals surface area contributed by atoms with E-state index in [9.17, 15) is 5.11 Å². The van der Waals surface area contributed by atoms with Gasteiger partial charge in [-0.1, -0.05) is 15.9 Å². The quantitative estimate of drug-likeness (QED) is 0.828. The molecule has 5 heteroatoms. The lowest BCUT2D eigenvalue weighted by molar-refractivity contribution is 0.461. The van der Waals surface area contributed by atoms with Gasteiger partial charge in [0.1, 0.15) is 11.8 Å². The molecule has 14 heavy (non-hydrogen) atoms. The molecule has 1 aromatic rings. The summed E-state index contributed by atoms with van der Waals surface area (Å²) in [6.45, 7) is 1.75. The number of nitrogens with two attached hydrogens (primary N) is 1. The summed E-state index contributed by atoms with van der Waals surface area (Å²) >= 11 is 3.26. The van der Waals surface area contributed by atoms with Crippen molar-refractivity contribution >= 4 is 28.3 Å². The molecular weight excluding hydrogens is 267 g/mol. The van der Waals surface area contributed by atoms with Gasteiger partial charge < -0.3 is 10.8 Å². The molecule has 3 N–H and O–H groups in total. The number of hydrogen-bond donors (Lipinski definition) is 2. The maximum atomic E-state index is 9.61. The number of phenols is 1. The van der Waals surface area contributed by atoms with E-state index in [-0.39, 0.29) is 29.8 Å². The zero-order valence-electron chi connectivity index (χ0n) is 7.49. The van der Waals surface area contributed by atoms with Crippen LogP contribution in [0.4, 0.5) is 0 Å². The Balaban J connectivity index is 0.00000169. The number of aromatic hydroxyl groups is 1. The molecule has 0 aromatic heterocycles. The third-order valence-electron chi connectivity index (χ3n) is 1.74. The third-order valence-corrected chi connectivity index (χ3v) is 2.43. The van der Waals surface area contributed by atoms with E-state index in [1.54, 1.807) is 19.1 Å². The number of benzene rings is 1. The number of rotatable bonds is 1. The maximum Gasteiger partial charge on any atom is 0.139 e. The summed E-state index contributed by atoms with van der Waals surface area (Å²) < 4.78 is 0.721. The van der Waals surface area contributed by atoms with Crippen molar-refractivity contribution in [3.63, 3.8) is 0 Å². The maximum absolute atomic E-state index is 9.61. The summed E-state index contributed by atoms with van der Waals surface area (Å²) in [5.74, 6) is -0.0353. The van der Waals surface area contributed by atoms with Crippen molar-refractivity contribution in [2.24, 2.45) is 5.73 Å².